The Hall–Kier alpha value is -3.24. The van der Waals surface area contributed by atoms with Crippen LogP contribution >= 0.6 is 11.6 Å². The van der Waals surface area contributed by atoms with E-state index in [1.54, 1.807) is 12.3 Å². The first-order valence-corrected chi connectivity index (χ1v) is 8.40. The molecule has 0 heterocycles. The summed E-state index contributed by atoms with van der Waals surface area (Å²) < 4.78 is 0. The Morgan fingerprint density at radius 3 is 2.12 bits per heavy atom. The second-order valence-corrected chi connectivity index (χ2v) is 6.29. The van der Waals surface area contributed by atoms with E-state index in [1.165, 1.54) is 12.1 Å². The second kappa shape index (κ2) is 6.58. The molecule has 0 fully saturated rings. The fraction of sp³-hybridized carbons (Fsp3) is 0. The van der Waals surface area contributed by atoms with Crippen LogP contribution in [0.3, 0.4) is 0 Å². The van der Waals surface area contributed by atoms with Crippen LogP contribution in [-0.4, -0.2) is 11.1 Å². The predicted molar refractivity (Wildman–Crippen MR) is 107 cm³/mol. The van der Waals surface area contributed by atoms with Crippen LogP contribution in [0, 0.1) is 10.1 Å². The molecule has 4 rings (SSSR count). The molecule has 0 aliphatic heterocycles. The quantitative estimate of drug-likeness (QED) is 0.186. The van der Waals surface area contributed by atoms with Gasteiger partial charge in [0.15, 0.2) is 0 Å². The standard InChI is InChI=1S/C21H13ClN2O2/c22-20-10-9-16(12-21(20)24(25)26)23-13-19-17-7-3-1-5-14(17)11-15-6-2-4-8-18(15)19/h1-13H. The molecule has 26 heavy (non-hydrogen) atoms. The molecule has 0 bridgehead atoms. The van der Waals surface area contributed by atoms with Crippen LogP contribution in [0.5, 0.6) is 0 Å². The van der Waals surface area contributed by atoms with Crippen LogP contribution in [-0.2, 0) is 0 Å². The number of halogens is 1. The zero-order valence-corrected chi connectivity index (χ0v) is 14.4. The number of nitro groups is 1. The molecular formula is C21H13ClN2O2. The SMILES string of the molecule is O=[N+]([O-])c1cc(N=Cc2c3ccccc3cc3ccccc23)ccc1Cl. The van der Waals surface area contributed by atoms with Crippen LogP contribution in [0.4, 0.5) is 11.4 Å². The van der Waals surface area contributed by atoms with E-state index < -0.39 is 4.92 Å². The highest BCUT2D eigenvalue weighted by Gasteiger charge is 2.12. The summed E-state index contributed by atoms with van der Waals surface area (Å²) in [4.78, 5) is 15.0. The van der Waals surface area contributed by atoms with Crippen molar-refractivity contribution in [3.8, 4) is 0 Å². The van der Waals surface area contributed by atoms with Gasteiger partial charge in [-0.1, -0.05) is 60.1 Å². The van der Waals surface area contributed by atoms with Crippen molar-refractivity contribution in [3.63, 3.8) is 0 Å². The van der Waals surface area contributed by atoms with Gasteiger partial charge in [-0.3, -0.25) is 15.1 Å². The molecule has 0 radical (unpaired) electrons. The first-order chi connectivity index (χ1) is 12.6. The summed E-state index contributed by atoms with van der Waals surface area (Å²) in [5.41, 5.74) is 1.32. The Labute approximate surface area is 154 Å². The second-order valence-electron chi connectivity index (χ2n) is 5.88. The number of hydrogen-bond acceptors (Lipinski definition) is 3. The van der Waals surface area contributed by atoms with Gasteiger partial charge in [-0.25, -0.2) is 0 Å². The first-order valence-electron chi connectivity index (χ1n) is 8.02. The minimum atomic E-state index is -0.505. The average molecular weight is 361 g/mol. The molecule has 4 aromatic rings. The lowest BCUT2D eigenvalue weighted by Crippen LogP contribution is -1.90. The summed E-state index contributed by atoms with van der Waals surface area (Å²) in [5, 5.41) is 15.6. The number of hydrogen-bond donors (Lipinski definition) is 0. The van der Waals surface area contributed by atoms with Crippen molar-refractivity contribution in [1.29, 1.82) is 0 Å². The molecule has 0 N–H and O–H groups in total. The molecule has 0 spiro atoms. The normalized spacial score (nSPS) is 11.4. The lowest BCUT2D eigenvalue weighted by molar-refractivity contribution is -0.384. The van der Waals surface area contributed by atoms with Crippen LogP contribution in [0.2, 0.25) is 5.02 Å². The third-order valence-electron chi connectivity index (χ3n) is 4.28. The molecule has 5 heteroatoms. The minimum Gasteiger partial charge on any atom is -0.258 e. The number of rotatable bonds is 3. The van der Waals surface area contributed by atoms with Crippen molar-refractivity contribution in [2.45, 2.75) is 0 Å². The summed E-state index contributed by atoms with van der Waals surface area (Å²) in [7, 11) is 0. The highest BCUT2D eigenvalue weighted by atomic mass is 35.5. The summed E-state index contributed by atoms with van der Waals surface area (Å²) in [6.45, 7) is 0. The van der Waals surface area contributed by atoms with Gasteiger partial charge in [0, 0.05) is 17.8 Å². The predicted octanol–water partition coefficient (Wildman–Crippen LogP) is 6.31. The maximum Gasteiger partial charge on any atom is 0.290 e. The number of fused-ring (bicyclic) bond motifs is 2. The van der Waals surface area contributed by atoms with E-state index in [0.29, 0.717) is 5.69 Å². The molecule has 4 aromatic carbocycles. The highest BCUT2D eigenvalue weighted by molar-refractivity contribution is 6.32. The van der Waals surface area contributed by atoms with Gasteiger partial charge in [0.1, 0.15) is 5.02 Å². The van der Waals surface area contributed by atoms with Gasteiger partial charge in [0.2, 0.25) is 0 Å². The van der Waals surface area contributed by atoms with Gasteiger partial charge < -0.3 is 0 Å². The zero-order chi connectivity index (χ0) is 18.1. The van der Waals surface area contributed by atoms with Crippen molar-refractivity contribution in [1.82, 2.24) is 0 Å². The molecular weight excluding hydrogens is 348 g/mol. The van der Waals surface area contributed by atoms with E-state index in [2.05, 4.69) is 23.2 Å². The van der Waals surface area contributed by atoms with Gasteiger partial charge in [-0.2, -0.15) is 0 Å². The third kappa shape index (κ3) is 2.91. The maximum atomic E-state index is 11.1. The summed E-state index contributed by atoms with van der Waals surface area (Å²) >= 11 is 5.87. The maximum absolute atomic E-state index is 11.1. The Balaban J connectivity index is 1.90. The Kier molecular flexibility index (Phi) is 4.11. The third-order valence-corrected chi connectivity index (χ3v) is 4.60. The summed E-state index contributed by atoms with van der Waals surface area (Å²) in [6.07, 6.45) is 1.76. The van der Waals surface area contributed by atoms with Crippen LogP contribution < -0.4 is 0 Å². The lowest BCUT2D eigenvalue weighted by Gasteiger charge is -2.08. The Morgan fingerprint density at radius 1 is 0.885 bits per heavy atom. The van der Waals surface area contributed by atoms with E-state index in [1.807, 2.05) is 36.4 Å². The van der Waals surface area contributed by atoms with E-state index in [4.69, 9.17) is 11.6 Å². The Morgan fingerprint density at radius 2 is 1.50 bits per heavy atom. The van der Waals surface area contributed by atoms with Gasteiger partial charge in [0.25, 0.3) is 5.69 Å². The van der Waals surface area contributed by atoms with Gasteiger partial charge in [-0.15, -0.1) is 0 Å². The van der Waals surface area contributed by atoms with Gasteiger partial charge in [0.05, 0.1) is 10.6 Å². The van der Waals surface area contributed by atoms with Crippen molar-refractivity contribution in [3.05, 3.63) is 93.5 Å². The first kappa shape index (κ1) is 16.2. The minimum absolute atomic E-state index is 0.101. The average Bonchev–Trinajstić information content (AvgIpc) is 2.66. The molecule has 0 saturated carbocycles. The molecule has 4 nitrogen and oxygen atoms in total. The fourth-order valence-corrected chi connectivity index (χ4v) is 3.23. The van der Waals surface area contributed by atoms with E-state index in [0.717, 1.165) is 27.1 Å². The van der Waals surface area contributed by atoms with Crippen molar-refractivity contribution < 1.29 is 4.92 Å². The van der Waals surface area contributed by atoms with Crippen molar-refractivity contribution in [2.24, 2.45) is 4.99 Å². The smallest absolute Gasteiger partial charge is 0.258 e. The van der Waals surface area contributed by atoms with Crippen molar-refractivity contribution in [2.75, 3.05) is 0 Å². The lowest BCUT2D eigenvalue weighted by atomic mass is 9.97. The molecule has 0 atom stereocenters. The van der Waals surface area contributed by atoms with Crippen LogP contribution in [0.25, 0.3) is 21.5 Å². The van der Waals surface area contributed by atoms with E-state index >= 15 is 0 Å². The topological polar surface area (TPSA) is 55.5 Å². The number of aliphatic imine (C=N–C) groups is 1. The van der Waals surface area contributed by atoms with Crippen LogP contribution in [0.1, 0.15) is 5.56 Å². The molecule has 0 saturated heterocycles. The van der Waals surface area contributed by atoms with Gasteiger partial charge in [-0.05, 0) is 39.7 Å². The summed E-state index contributed by atoms with van der Waals surface area (Å²) in [6, 6.07) is 22.9. The molecule has 0 aromatic heterocycles. The van der Waals surface area contributed by atoms with Crippen LogP contribution in [0.15, 0.2) is 77.8 Å². The molecule has 0 amide bonds. The van der Waals surface area contributed by atoms with E-state index in [9.17, 15) is 10.1 Å². The number of nitro benzene ring substituents is 1. The van der Waals surface area contributed by atoms with E-state index in [-0.39, 0.29) is 10.7 Å². The molecule has 0 aliphatic carbocycles. The largest absolute Gasteiger partial charge is 0.290 e. The monoisotopic (exact) mass is 360 g/mol. The van der Waals surface area contributed by atoms with Gasteiger partial charge >= 0.3 is 0 Å². The molecule has 0 unspecified atom stereocenters. The summed E-state index contributed by atoms with van der Waals surface area (Å²) in [5.74, 6) is 0. The number of benzene rings is 4. The molecule has 0 aliphatic rings. The zero-order valence-electron chi connectivity index (χ0n) is 13.6. The Bertz CT molecular complexity index is 1130. The fourth-order valence-electron chi connectivity index (χ4n) is 3.05. The highest BCUT2D eigenvalue weighted by Crippen LogP contribution is 2.30. The molecule has 126 valence electrons. The van der Waals surface area contributed by atoms with Crippen molar-refractivity contribution >= 4 is 50.7 Å². The number of nitrogens with zero attached hydrogens (tertiary/aromatic N) is 2.